The molecule has 2 unspecified atom stereocenters. The number of hydrogen-bond acceptors (Lipinski definition) is 4. The summed E-state index contributed by atoms with van der Waals surface area (Å²) in [5.74, 6) is -0.0999. The summed E-state index contributed by atoms with van der Waals surface area (Å²) in [4.78, 5) is 11.0. The third-order valence-corrected chi connectivity index (χ3v) is 4.96. The third kappa shape index (κ3) is 14.3. The van der Waals surface area contributed by atoms with E-state index in [1.807, 2.05) is 0 Å². The Bertz CT molecular complexity index is 294. The SMILES string of the molecule is CCCCCCCCC(OC)C(CCCCCCCC(=O)OC)OC. The second-order valence-corrected chi connectivity index (χ2v) is 6.99. The second kappa shape index (κ2) is 18.2. The Morgan fingerprint density at radius 1 is 0.680 bits per heavy atom. The number of rotatable bonds is 18. The van der Waals surface area contributed by atoms with Gasteiger partial charge in [0.1, 0.15) is 0 Å². The highest BCUT2D eigenvalue weighted by atomic mass is 16.5. The van der Waals surface area contributed by atoms with Gasteiger partial charge in [0.15, 0.2) is 0 Å². The first kappa shape index (κ1) is 24.4. The molecule has 0 radical (unpaired) electrons. The molecule has 0 heterocycles. The Morgan fingerprint density at radius 2 is 1.12 bits per heavy atom. The first-order chi connectivity index (χ1) is 12.2. The molecule has 0 bridgehead atoms. The largest absolute Gasteiger partial charge is 0.469 e. The van der Waals surface area contributed by atoms with Crippen molar-refractivity contribution in [2.24, 2.45) is 0 Å². The van der Waals surface area contributed by atoms with Crippen molar-refractivity contribution in [3.63, 3.8) is 0 Å². The van der Waals surface area contributed by atoms with E-state index in [4.69, 9.17) is 9.47 Å². The van der Waals surface area contributed by atoms with Gasteiger partial charge in [0, 0.05) is 20.6 Å². The summed E-state index contributed by atoms with van der Waals surface area (Å²) < 4.78 is 16.0. The summed E-state index contributed by atoms with van der Waals surface area (Å²) in [6, 6.07) is 0. The van der Waals surface area contributed by atoms with Crippen LogP contribution in [0.1, 0.15) is 96.8 Å². The highest BCUT2D eigenvalue weighted by molar-refractivity contribution is 5.68. The van der Waals surface area contributed by atoms with Crippen molar-refractivity contribution in [3.05, 3.63) is 0 Å². The summed E-state index contributed by atoms with van der Waals surface area (Å²) >= 11 is 0. The highest BCUT2D eigenvalue weighted by Crippen LogP contribution is 2.19. The van der Waals surface area contributed by atoms with Gasteiger partial charge in [-0.2, -0.15) is 0 Å². The molecule has 0 aliphatic heterocycles. The maximum absolute atomic E-state index is 11.0. The van der Waals surface area contributed by atoms with Gasteiger partial charge in [0.05, 0.1) is 19.3 Å². The molecule has 0 N–H and O–H groups in total. The highest BCUT2D eigenvalue weighted by Gasteiger charge is 2.20. The number of unbranched alkanes of at least 4 members (excludes halogenated alkanes) is 9. The van der Waals surface area contributed by atoms with E-state index in [0.29, 0.717) is 6.42 Å². The van der Waals surface area contributed by atoms with Crippen molar-refractivity contribution in [1.82, 2.24) is 0 Å². The summed E-state index contributed by atoms with van der Waals surface area (Å²) in [6.45, 7) is 2.25. The van der Waals surface area contributed by atoms with Gasteiger partial charge in [-0.3, -0.25) is 4.79 Å². The molecule has 4 nitrogen and oxygen atoms in total. The van der Waals surface area contributed by atoms with Gasteiger partial charge in [0.25, 0.3) is 0 Å². The molecular formula is C21H42O4. The summed E-state index contributed by atoms with van der Waals surface area (Å²) in [6.07, 6.45) is 16.6. The smallest absolute Gasteiger partial charge is 0.305 e. The number of esters is 1. The van der Waals surface area contributed by atoms with Crippen molar-refractivity contribution in [2.45, 2.75) is 109 Å². The van der Waals surface area contributed by atoms with E-state index in [1.54, 1.807) is 14.2 Å². The van der Waals surface area contributed by atoms with E-state index >= 15 is 0 Å². The molecule has 0 aromatic rings. The van der Waals surface area contributed by atoms with Gasteiger partial charge < -0.3 is 14.2 Å². The van der Waals surface area contributed by atoms with Crippen molar-refractivity contribution < 1.29 is 19.0 Å². The van der Waals surface area contributed by atoms with Crippen molar-refractivity contribution in [3.8, 4) is 0 Å². The van der Waals surface area contributed by atoms with Gasteiger partial charge in [-0.05, 0) is 19.3 Å². The first-order valence-corrected chi connectivity index (χ1v) is 10.3. The van der Waals surface area contributed by atoms with Crippen molar-refractivity contribution in [2.75, 3.05) is 21.3 Å². The molecule has 0 saturated carbocycles. The van der Waals surface area contributed by atoms with Gasteiger partial charge >= 0.3 is 5.97 Å². The van der Waals surface area contributed by atoms with Crippen LogP contribution in [0.2, 0.25) is 0 Å². The number of carbonyl (C=O) groups is 1. The molecule has 0 amide bonds. The second-order valence-electron chi connectivity index (χ2n) is 6.99. The number of hydrogen-bond donors (Lipinski definition) is 0. The molecule has 0 aliphatic carbocycles. The van der Waals surface area contributed by atoms with Crippen LogP contribution in [0.4, 0.5) is 0 Å². The minimum atomic E-state index is -0.0999. The van der Waals surface area contributed by atoms with E-state index in [9.17, 15) is 4.79 Å². The average Bonchev–Trinajstić information content (AvgIpc) is 2.64. The van der Waals surface area contributed by atoms with E-state index in [0.717, 1.165) is 32.1 Å². The molecule has 0 aliphatic rings. The molecule has 150 valence electrons. The molecule has 0 aromatic heterocycles. The standard InChI is InChI=1S/C21H42O4/c1-5-6-7-8-10-13-16-19(23-2)20(24-3)17-14-11-9-12-15-18-21(22)25-4/h19-20H,5-18H2,1-4H3. The van der Waals surface area contributed by atoms with Crippen LogP contribution in [0.15, 0.2) is 0 Å². The lowest BCUT2D eigenvalue weighted by Crippen LogP contribution is -2.30. The summed E-state index contributed by atoms with van der Waals surface area (Å²) in [5.41, 5.74) is 0. The molecule has 25 heavy (non-hydrogen) atoms. The summed E-state index contributed by atoms with van der Waals surface area (Å²) in [7, 11) is 5.06. The van der Waals surface area contributed by atoms with E-state index in [-0.39, 0.29) is 18.2 Å². The van der Waals surface area contributed by atoms with Crippen LogP contribution in [-0.2, 0) is 19.0 Å². The average molecular weight is 359 g/mol. The van der Waals surface area contributed by atoms with Gasteiger partial charge in [0.2, 0.25) is 0 Å². The van der Waals surface area contributed by atoms with Crippen LogP contribution in [0.5, 0.6) is 0 Å². The zero-order valence-electron chi connectivity index (χ0n) is 17.2. The normalized spacial score (nSPS) is 13.6. The maximum atomic E-state index is 11.0. The Labute approximate surface area is 156 Å². The lowest BCUT2D eigenvalue weighted by atomic mass is 9.99. The molecular weight excluding hydrogens is 316 g/mol. The van der Waals surface area contributed by atoms with Crippen LogP contribution >= 0.6 is 0 Å². The van der Waals surface area contributed by atoms with Crippen LogP contribution in [0.3, 0.4) is 0 Å². The Morgan fingerprint density at radius 3 is 1.56 bits per heavy atom. The Balaban J connectivity index is 3.75. The van der Waals surface area contributed by atoms with Gasteiger partial charge in [-0.1, -0.05) is 71.1 Å². The van der Waals surface area contributed by atoms with Gasteiger partial charge in [-0.25, -0.2) is 0 Å². The predicted molar refractivity (Wildman–Crippen MR) is 104 cm³/mol. The maximum Gasteiger partial charge on any atom is 0.305 e. The number of ether oxygens (including phenoxy) is 3. The van der Waals surface area contributed by atoms with Crippen LogP contribution in [0, 0.1) is 0 Å². The molecule has 2 atom stereocenters. The van der Waals surface area contributed by atoms with Gasteiger partial charge in [-0.15, -0.1) is 0 Å². The first-order valence-electron chi connectivity index (χ1n) is 10.3. The zero-order valence-corrected chi connectivity index (χ0v) is 17.2. The van der Waals surface area contributed by atoms with E-state index in [2.05, 4.69) is 11.7 Å². The van der Waals surface area contributed by atoms with E-state index < -0.39 is 0 Å². The van der Waals surface area contributed by atoms with E-state index in [1.165, 1.54) is 58.5 Å². The minimum Gasteiger partial charge on any atom is -0.469 e. The molecule has 0 fully saturated rings. The predicted octanol–water partition coefficient (Wildman–Crippen LogP) is 5.67. The molecule has 0 saturated heterocycles. The van der Waals surface area contributed by atoms with Crippen molar-refractivity contribution >= 4 is 5.97 Å². The number of methoxy groups -OCH3 is 3. The fraction of sp³-hybridized carbons (Fsp3) is 0.952. The number of carbonyl (C=O) groups excluding carboxylic acids is 1. The molecule has 0 aromatic carbocycles. The quantitative estimate of drug-likeness (QED) is 0.234. The third-order valence-electron chi connectivity index (χ3n) is 4.96. The zero-order chi connectivity index (χ0) is 18.8. The lowest BCUT2D eigenvalue weighted by molar-refractivity contribution is -0.140. The minimum absolute atomic E-state index is 0.0999. The fourth-order valence-electron chi connectivity index (χ4n) is 3.28. The van der Waals surface area contributed by atoms with Crippen LogP contribution in [-0.4, -0.2) is 39.5 Å². The molecule has 4 heteroatoms. The monoisotopic (exact) mass is 358 g/mol. The Hall–Kier alpha value is -0.610. The fourth-order valence-corrected chi connectivity index (χ4v) is 3.28. The topological polar surface area (TPSA) is 44.8 Å². The van der Waals surface area contributed by atoms with Crippen LogP contribution in [0.25, 0.3) is 0 Å². The summed E-state index contributed by atoms with van der Waals surface area (Å²) in [5, 5.41) is 0. The molecule has 0 rings (SSSR count). The molecule has 0 spiro atoms. The van der Waals surface area contributed by atoms with Crippen molar-refractivity contribution in [1.29, 1.82) is 0 Å². The lowest BCUT2D eigenvalue weighted by Gasteiger charge is -2.25. The van der Waals surface area contributed by atoms with Crippen LogP contribution < -0.4 is 0 Å². The Kier molecular flexibility index (Phi) is 17.7.